The number of rotatable bonds is 3. The maximum absolute atomic E-state index is 9.14. The van der Waals surface area contributed by atoms with Crippen LogP contribution in [-0.2, 0) is 6.42 Å². The second-order valence-corrected chi connectivity index (χ2v) is 4.94. The van der Waals surface area contributed by atoms with Gasteiger partial charge in [-0.05, 0) is 36.8 Å². The Kier molecular flexibility index (Phi) is 3.62. The zero-order valence-corrected chi connectivity index (χ0v) is 10.1. The second-order valence-electron chi connectivity index (χ2n) is 4.94. The van der Waals surface area contributed by atoms with E-state index in [1.54, 1.807) is 0 Å². The molecule has 0 heterocycles. The highest BCUT2D eigenvalue weighted by Crippen LogP contribution is 2.34. The Morgan fingerprint density at radius 1 is 1.44 bits per heavy atom. The number of fused-ring (bicyclic) bond motifs is 1. The maximum atomic E-state index is 9.14. The molecule has 0 aromatic heterocycles. The van der Waals surface area contributed by atoms with Crippen LogP contribution in [-0.4, -0.2) is 17.8 Å². The summed E-state index contributed by atoms with van der Waals surface area (Å²) < 4.78 is 0. The van der Waals surface area contributed by atoms with E-state index in [0.717, 1.165) is 0 Å². The first-order chi connectivity index (χ1) is 7.72. The lowest BCUT2D eigenvalue weighted by Crippen LogP contribution is -2.38. The molecule has 1 aromatic carbocycles. The molecular weight excluding hydrogens is 198 g/mol. The summed E-state index contributed by atoms with van der Waals surface area (Å²) in [5.41, 5.74) is 2.88. The summed E-state index contributed by atoms with van der Waals surface area (Å²) in [5.74, 6) is 0.642. The fourth-order valence-corrected chi connectivity index (χ4v) is 2.53. The fraction of sp³-hybridized carbons (Fsp3) is 0.571. The molecule has 16 heavy (non-hydrogen) atoms. The van der Waals surface area contributed by atoms with Crippen LogP contribution in [0.15, 0.2) is 24.3 Å². The largest absolute Gasteiger partial charge is 0.395 e. The minimum Gasteiger partial charge on any atom is -0.395 e. The summed E-state index contributed by atoms with van der Waals surface area (Å²) in [5, 5.41) is 12.7. The first-order valence-electron chi connectivity index (χ1n) is 6.17. The number of benzene rings is 1. The van der Waals surface area contributed by atoms with Gasteiger partial charge < -0.3 is 10.4 Å². The Hall–Kier alpha value is -0.860. The van der Waals surface area contributed by atoms with Crippen LogP contribution in [0.2, 0.25) is 0 Å². The van der Waals surface area contributed by atoms with Crippen molar-refractivity contribution in [3.63, 3.8) is 0 Å². The molecule has 0 bridgehead atoms. The van der Waals surface area contributed by atoms with Crippen molar-refractivity contribution in [2.24, 2.45) is 5.92 Å². The van der Waals surface area contributed by atoms with E-state index in [1.807, 2.05) is 6.92 Å². The standard InChI is InChI=1S/C14H21NO/c1-10-7-8-12-5-3-4-6-13(12)14(10)15-11(2)9-16/h3-6,10-11,14-16H,7-9H2,1-2H3. The molecule has 3 atom stereocenters. The Bertz CT molecular complexity index is 350. The van der Waals surface area contributed by atoms with Gasteiger partial charge in [-0.3, -0.25) is 0 Å². The van der Waals surface area contributed by atoms with Gasteiger partial charge in [0.2, 0.25) is 0 Å². The summed E-state index contributed by atoms with van der Waals surface area (Å²) >= 11 is 0. The smallest absolute Gasteiger partial charge is 0.0582 e. The van der Waals surface area contributed by atoms with Gasteiger partial charge in [-0.25, -0.2) is 0 Å². The average molecular weight is 219 g/mol. The minimum atomic E-state index is 0.165. The Labute approximate surface area is 97.7 Å². The predicted molar refractivity (Wildman–Crippen MR) is 66.4 cm³/mol. The van der Waals surface area contributed by atoms with Crippen molar-refractivity contribution in [3.8, 4) is 0 Å². The molecule has 2 N–H and O–H groups in total. The number of aliphatic hydroxyl groups is 1. The zero-order valence-electron chi connectivity index (χ0n) is 10.1. The van der Waals surface area contributed by atoms with Gasteiger partial charge in [0.05, 0.1) is 6.61 Å². The normalized spacial score (nSPS) is 26.2. The van der Waals surface area contributed by atoms with Crippen molar-refractivity contribution in [1.82, 2.24) is 5.32 Å². The van der Waals surface area contributed by atoms with Crippen LogP contribution >= 0.6 is 0 Å². The van der Waals surface area contributed by atoms with E-state index in [0.29, 0.717) is 12.0 Å². The van der Waals surface area contributed by atoms with Crippen LogP contribution in [0.25, 0.3) is 0 Å². The Balaban J connectivity index is 2.22. The quantitative estimate of drug-likeness (QED) is 0.817. The topological polar surface area (TPSA) is 32.3 Å². The van der Waals surface area contributed by atoms with Crippen LogP contribution in [0, 0.1) is 5.92 Å². The van der Waals surface area contributed by atoms with Gasteiger partial charge in [-0.15, -0.1) is 0 Å². The van der Waals surface area contributed by atoms with Gasteiger partial charge >= 0.3 is 0 Å². The SMILES string of the molecule is CC(CO)NC1c2ccccc2CCC1C. The van der Waals surface area contributed by atoms with E-state index in [1.165, 1.54) is 24.0 Å². The van der Waals surface area contributed by atoms with Gasteiger partial charge in [0.15, 0.2) is 0 Å². The first kappa shape index (κ1) is 11.6. The van der Waals surface area contributed by atoms with Gasteiger partial charge in [0, 0.05) is 12.1 Å². The van der Waals surface area contributed by atoms with Crippen molar-refractivity contribution < 1.29 is 5.11 Å². The summed E-state index contributed by atoms with van der Waals surface area (Å²) in [6.45, 7) is 4.52. The minimum absolute atomic E-state index is 0.165. The monoisotopic (exact) mass is 219 g/mol. The van der Waals surface area contributed by atoms with Crippen molar-refractivity contribution in [2.45, 2.75) is 38.8 Å². The Morgan fingerprint density at radius 2 is 2.19 bits per heavy atom. The molecule has 0 radical (unpaired) electrons. The summed E-state index contributed by atoms with van der Waals surface area (Å²) in [6, 6.07) is 9.22. The molecule has 2 rings (SSSR count). The highest BCUT2D eigenvalue weighted by molar-refractivity contribution is 5.32. The molecular formula is C14H21NO. The third kappa shape index (κ3) is 2.28. The molecule has 1 aliphatic carbocycles. The number of aliphatic hydroxyl groups excluding tert-OH is 1. The highest BCUT2D eigenvalue weighted by Gasteiger charge is 2.26. The molecule has 88 valence electrons. The number of nitrogens with one attached hydrogen (secondary N) is 1. The van der Waals surface area contributed by atoms with Crippen LogP contribution < -0.4 is 5.32 Å². The van der Waals surface area contributed by atoms with Crippen molar-refractivity contribution in [3.05, 3.63) is 35.4 Å². The molecule has 0 aliphatic heterocycles. The lowest BCUT2D eigenvalue weighted by molar-refractivity contribution is 0.220. The molecule has 0 spiro atoms. The molecule has 1 aliphatic rings. The molecule has 2 heteroatoms. The first-order valence-corrected chi connectivity index (χ1v) is 6.17. The maximum Gasteiger partial charge on any atom is 0.0582 e. The second kappa shape index (κ2) is 4.98. The lowest BCUT2D eigenvalue weighted by Gasteiger charge is -2.34. The summed E-state index contributed by atoms with van der Waals surface area (Å²) in [6.07, 6.45) is 2.41. The molecule has 0 fully saturated rings. The number of hydrogen-bond acceptors (Lipinski definition) is 2. The summed E-state index contributed by atoms with van der Waals surface area (Å²) in [7, 11) is 0. The molecule has 0 saturated heterocycles. The van der Waals surface area contributed by atoms with Crippen molar-refractivity contribution in [2.75, 3.05) is 6.61 Å². The van der Waals surface area contributed by atoms with Crippen LogP contribution in [0.5, 0.6) is 0 Å². The molecule has 0 amide bonds. The van der Waals surface area contributed by atoms with E-state index in [-0.39, 0.29) is 12.6 Å². The van der Waals surface area contributed by atoms with Gasteiger partial charge in [0.1, 0.15) is 0 Å². The van der Waals surface area contributed by atoms with Crippen molar-refractivity contribution >= 4 is 0 Å². The molecule has 1 aromatic rings. The van der Waals surface area contributed by atoms with E-state index in [2.05, 4.69) is 36.5 Å². The third-order valence-electron chi connectivity index (χ3n) is 3.57. The van der Waals surface area contributed by atoms with Gasteiger partial charge in [-0.1, -0.05) is 31.2 Å². The number of aryl methyl sites for hydroxylation is 1. The van der Waals surface area contributed by atoms with Crippen LogP contribution in [0.1, 0.15) is 37.4 Å². The average Bonchev–Trinajstić information content (AvgIpc) is 2.32. The molecule has 3 unspecified atom stereocenters. The van der Waals surface area contributed by atoms with E-state index in [9.17, 15) is 0 Å². The fourth-order valence-electron chi connectivity index (χ4n) is 2.53. The lowest BCUT2D eigenvalue weighted by atomic mass is 9.80. The third-order valence-corrected chi connectivity index (χ3v) is 3.57. The van der Waals surface area contributed by atoms with Gasteiger partial charge in [0.25, 0.3) is 0 Å². The van der Waals surface area contributed by atoms with Crippen LogP contribution in [0.4, 0.5) is 0 Å². The predicted octanol–water partition coefficient (Wildman–Crippen LogP) is 2.28. The van der Waals surface area contributed by atoms with E-state index >= 15 is 0 Å². The zero-order chi connectivity index (χ0) is 11.5. The highest BCUT2D eigenvalue weighted by atomic mass is 16.3. The van der Waals surface area contributed by atoms with Gasteiger partial charge in [-0.2, -0.15) is 0 Å². The van der Waals surface area contributed by atoms with E-state index in [4.69, 9.17) is 5.11 Å². The Morgan fingerprint density at radius 3 is 2.94 bits per heavy atom. The number of hydrogen-bond donors (Lipinski definition) is 2. The van der Waals surface area contributed by atoms with Crippen molar-refractivity contribution in [1.29, 1.82) is 0 Å². The van der Waals surface area contributed by atoms with Crippen LogP contribution in [0.3, 0.4) is 0 Å². The summed E-state index contributed by atoms with van der Waals surface area (Å²) in [4.78, 5) is 0. The van der Waals surface area contributed by atoms with E-state index < -0.39 is 0 Å². The molecule has 0 saturated carbocycles. The molecule has 2 nitrogen and oxygen atoms in total.